The van der Waals surface area contributed by atoms with Crippen LogP contribution in [0.15, 0.2) is 30.3 Å². The predicted molar refractivity (Wildman–Crippen MR) is 81.6 cm³/mol. The summed E-state index contributed by atoms with van der Waals surface area (Å²) in [5, 5.41) is 3.48. The number of nitrogens with one attached hydrogen (secondary N) is 1. The van der Waals surface area contributed by atoms with Crippen LogP contribution >= 0.6 is 0 Å². The number of likely N-dealkylation sites (N-methyl/N-ethyl adjacent to an activating group) is 1. The Labute approximate surface area is 118 Å². The summed E-state index contributed by atoms with van der Waals surface area (Å²) in [6, 6.07) is 11.1. The standard InChI is InChI=1S/C16H28N2O/c1-4-11-17-13-16(14-19-3)18(2)12-10-15-8-6-5-7-9-15/h5-9,16-17H,4,10-14H2,1-3H3. The third kappa shape index (κ3) is 6.71. The van der Waals surface area contributed by atoms with Crippen LogP contribution in [-0.4, -0.2) is 51.3 Å². The molecule has 0 saturated carbocycles. The fourth-order valence-corrected chi connectivity index (χ4v) is 2.11. The van der Waals surface area contributed by atoms with E-state index >= 15 is 0 Å². The fourth-order valence-electron chi connectivity index (χ4n) is 2.11. The molecule has 0 radical (unpaired) electrons. The molecule has 0 fully saturated rings. The van der Waals surface area contributed by atoms with Crippen LogP contribution < -0.4 is 5.32 Å². The average Bonchev–Trinajstić information content (AvgIpc) is 2.45. The van der Waals surface area contributed by atoms with Gasteiger partial charge in [-0.05, 0) is 32.0 Å². The summed E-state index contributed by atoms with van der Waals surface area (Å²) in [5.74, 6) is 0. The molecule has 3 heteroatoms. The average molecular weight is 264 g/mol. The first-order chi connectivity index (χ1) is 9.27. The largest absolute Gasteiger partial charge is 0.383 e. The minimum Gasteiger partial charge on any atom is -0.383 e. The third-order valence-electron chi connectivity index (χ3n) is 3.39. The van der Waals surface area contributed by atoms with Gasteiger partial charge in [0.1, 0.15) is 0 Å². The molecule has 108 valence electrons. The molecule has 1 aromatic rings. The first-order valence-electron chi connectivity index (χ1n) is 7.21. The molecule has 1 unspecified atom stereocenters. The summed E-state index contributed by atoms with van der Waals surface area (Å²) in [4.78, 5) is 2.39. The zero-order valence-electron chi connectivity index (χ0n) is 12.6. The van der Waals surface area contributed by atoms with E-state index in [1.807, 2.05) is 0 Å². The van der Waals surface area contributed by atoms with Crippen molar-refractivity contribution in [3.8, 4) is 0 Å². The van der Waals surface area contributed by atoms with Crippen molar-refractivity contribution in [3.63, 3.8) is 0 Å². The topological polar surface area (TPSA) is 24.5 Å². The molecule has 0 aliphatic carbocycles. The van der Waals surface area contributed by atoms with E-state index in [2.05, 4.69) is 54.5 Å². The maximum Gasteiger partial charge on any atom is 0.0630 e. The van der Waals surface area contributed by atoms with Crippen molar-refractivity contribution in [2.75, 3.05) is 40.4 Å². The van der Waals surface area contributed by atoms with Crippen molar-refractivity contribution in [1.29, 1.82) is 0 Å². The summed E-state index contributed by atoms with van der Waals surface area (Å²) >= 11 is 0. The molecular weight excluding hydrogens is 236 g/mol. The van der Waals surface area contributed by atoms with E-state index in [1.165, 1.54) is 12.0 Å². The zero-order valence-corrected chi connectivity index (χ0v) is 12.6. The van der Waals surface area contributed by atoms with Crippen LogP contribution in [0.3, 0.4) is 0 Å². The van der Waals surface area contributed by atoms with Crippen LogP contribution in [0, 0.1) is 0 Å². The van der Waals surface area contributed by atoms with Crippen molar-refractivity contribution in [2.45, 2.75) is 25.8 Å². The molecule has 0 spiro atoms. The quantitative estimate of drug-likeness (QED) is 0.656. The molecule has 1 N–H and O–H groups in total. The Morgan fingerprint density at radius 2 is 2.00 bits per heavy atom. The highest BCUT2D eigenvalue weighted by atomic mass is 16.5. The van der Waals surface area contributed by atoms with Crippen molar-refractivity contribution >= 4 is 0 Å². The number of nitrogens with zero attached hydrogens (tertiary/aromatic N) is 1. The van der Waals surface area contributed by atoms with E-state index in [9.17, 15) is 0 Å². The minimum atomic E-state index is 0.445. The molecule has 0 aromatic heterocycles. The van der Waals surface area contributed by atoms with E-state index < -0.39 is 0 Å². The van der Waals surface area contributed by atoms with Gasteiger partial charge in [-0.25, -0.2) is 0 Å². The van der Waals surface area contributed by atoms with Gasteiger partial charge < -0.3 is 10.1 Å². The van der Waals surface area contributed by atoms with Gasteiger partial charge >= 0.3 is 0 Å². The zero-order chi connectivity index (χ0) is 13.9. The lowest BCUT2D eigenvalue weighted by molar-refractivity contribution is 0.106. The number of hydrogen-bond acceptors (Lipinski definition) is 3. The number of rotatable bonds is 10. The lowest BCUT2D eigenvalue weighted by atomic mass is 10.1. The molecule has 0 aliphatic rings. The number of hydrogen-bond donors (Lipinski definition) is 1. The van der Waals surface area contributed by atoms with Gasteiger partial charge in [0.05, 0.1) is 6.61 Å². The Balaban J connectivity index is 2.36. The summed E-state index contributed by atoms with van der Waals surface area (Å²) in [5.41, 5.74) is 1.40. The van der Waals surface area contributed by atoms with E-state index in [4.69, 9.17) is 4.74 Å². The maximum atomic E-state index is 5.33. The van der Waals surface area contributed by atoms with Crippen molar-refractivity contribution in [1.82, 2.24) is 10.2 Å². The normalized spacial score (nSPS) is 12.8. The van der Waals surface area contributed by atoms with Crippen molar-refractivity contribution < 1.29 is 4.74 Å². The highest BCUT2D eigenvalue weighted by Gasteiger charge is 2.13. The molecular formula is C16H28N2O. The number of benzene rings is 1. The summed E-state index contributed by atoms with van der Waals surface area (Å²) in [7, 11) is 3.96. The molecule has 0 saturated heterocycles. The molecule has 0 bridgehead atoms. The van der Waals surface area contributed by atoms with E-state index in [1.54, 1.807) is 7.11 Å². The second kappa shape index (κ2) is 9.96. The molecule has 0 heterocycles. The van der Waals surface area contributed by atoms with Gasteiger partial charge in [-0.3, -0.25) is 4.90 Å². The van der Waals surface area contributed by atoms with Gasteiger partial charge in [-0.15, -0.1) is 0 Å². The lowest BCUT2D eigenvalue weighted by Gasteiger charge is -2.27. The Morgan fingerprint density at radius 1 is 1.26 bits per heavy atom. The van der Waals surface area contributed by atoms with E-state index in [0.717, 1.165) is 32.7 Å². The van der Waals surface area contributed by atoms with Crippen LogP contribution in [-0.2, 0) is 11.2 Å². The molecule has 3 nitrogen and oxygen atoms in total. The maximum absolute atomic E-state index is 5.33. The molecule has 1 atom stereocenters. The van der Waals surface area contributed by atoms with Gasteiger partial charge in [0.2, 0.25) is 0 Å². The minimum absolute atomic E-state index is 0.445. The molecule has 1 aromatic carbocycles. The summed E-state index contributed by atoms with van der Waals surface area (Å²) in [6.07, 6.45) is 2.26. The Bertz CT molecular complexity index is 316. The van der Waals surface area contributed by atoms with E-state index in [-0.39, 0.29) is 0 Å². The molecule has 0 aliphatic heterocycles. The monoisotopic (exact) mass is 264 g/mol. The first kappa shape index (κ1) is 16.2. The first-order valence-corrected chi connectivity index (χ1v) is 7.21. The molecule has 1 rings (SSSR count). The van der Waals surface area contributed by atoms with Crippen LogP contribution in [0.4, 0.5) is 0 Å². The summed E-state index contributed by atoms with van der Waals surface area (Å²) < 4.78 is 5.33. The van der Waals surface area contributed by atoms with Gasteiger partial charge in [-0.1, -0.05) is 37.3 Å². The molecule has 0 amide bonds. The van der Waals surface area contributed by atoms with Crippen LogP contribution in [0.1, 0.15) is 18.9 Å². The second-order valence-corrected chi connectivity index (χ2v) is 5.03. The van der Waals surface area contributed by atoms with Gasteiger partial charge in [0.15, 0.2) is 0 Å². The van der Waals surface area contributed by atoms with Gasteiger partial charge in [-0.2, -0.15) is 0 Å². The SMILES string of the molecule is CCCNCC(COC)N(C)CCc1ccccc1. The highest BCUT2D eigenvalue weighted by Crippen LogP contribution is 2.03. The van der Waals surface area contributed by atoms with Crippen molar-refractivity contribution in [2.24, 2.45) is 0 Å². The van der Waals surface area contributed by atoms with Crippen LogP contribution in [0.25, 0.3) is 0 Å². The Kier molecular flexibility index (Phi) is 8.47. The second-order valence-electron chi connectivity index (χ2n) is 5.03. The molecule has 19 heavy (non-hydrogen) atoms. The third-order valence-corrected chi connectivity index (χ3v) is 3.39. The van der Waals surface area contributed by atoms with E-state index in [0.29, 0.717) is 6.04 Å². The predicted octanol–water partition coefficient (Wildman–Crippen LogP) is 2.18. The Morgan fingerprint density at radius 3 is 2.63 bits per heavy atom. The highest BCUT2D eigenvalue weighted by molar-refractivity contribution is 5.14. The van der Waals surface area contributed by atoms with Gasteiger partial charge in [0, 0.05) is 26.2 Å². The number of methoxy groups -OCH3 is 1. The smallest absolute Gasteiger partial charge is 0.0630 e. The van der Waals surface area contributed by atoms with Crippen LogP contribution in [0.5, 0.6) is 0 Å². The van der Waals surface area contributed by atoms with Crippen LogP contribution in [0.2, 0.25) is 0 Å². The number of ether oxygens (including phenoxy) is 1. The fraction of sp³-hybridized carbons (Fsp3) is 0.625. The van der Waals surface area contributed by atoms with Crippen molar-refractivity contribution in [3.05, 3.63) is 35.9 Å². The Hall–Kier alpha value is -0.900. The summed E-state index contributed by atoms with van der Waals surface area (Å²) in [6.45, 7) is 6.10. The lowest BCUT2D eigenvalue weighted by Crippen LogP contribution is -2.44. The van der Waals surface area contributed by atoms with Gasteiger partial charge in [0.25, 0.3) is 0 Å².